The van der Waals surface area contributed by atoms with E-state index in [4.69, 9.17) is 14.2 Å². The van der Waals surface area contributed by atoms with E-state index in [9.17, 15) is 4.79 Å². The van der Waals surface area contributed by atoms with Crippen LogP contribution in [0.4, 0.5) is 0 Å². The van der Waals surface area contributed by atoms with Gasteiger partial charge in [-0.2, -0.15) is 0 Å². The lowest BCUT2D eigenvalue weighted by Crippen LogP contribution is -2.60. The highest BCUT2D eigenvalue weighted by Crippen LogP contribution is 2.46. The van der Waals surface area contributed by atoms with Crippen molar-refractivity contribution in [3.05, 3.63) is 23.8 Å². The molecule has 1 spiro atoms. The molecule has 0 bridgehead atoms. The van der Waals surface area contributed by atoms with Crippen LogP contribution in [-0.2, 0) is 4.74 Å². The normalized spacial score (nSPS) is 24.6. The predicted molar refractivity (Wildman–Crippen MR) is 83.7 cm³/mol. The molecule has 1 aromatic rings. The summed E-state index contributed by atoms with van der Waals surface area (Å²) in [5, 5.41) is 0. The Morgan fingerprint density at radius 3 is 3.05 bits per heavy atom. The lowest BCUT2D eigenvalue weighted by atomic mass is 9.92. The van der Waals surface area contributed by atoms with Crippen LogP contribution in [0.2, 0.25) is 0 Å². The zero-order valence-electron chi connectivity index (χ0n) is 12.5. The van der Waals surface area contributed by atoms with E-state index in [1.807, 2.05) is 29.7 Å². The van der Waals surface area contributed by atoms with Crippen LogP contribution in [0.3, 0.4) is 0 Å². The van der Waals surface area contributed by atoms with Crippen molar-refractivity contribution in [2.24, 2.45) is 0 Å². The van der Waals surface area contributed by atoms with Crippen molar-refractivity contribution in [2.75, 3.05) is 32.2 Å². The molecule has 22 heavy (non-hydrogen) atoms. The van der Waals surface area contributed by atoms with Gasteiger partial charge in [-0.15, -0.1) is 11.8 Å². The first kappa shape index (κ1) is 14.2. The maximum Gasteiger partial charge on any atom is 0.254 e. The second-order valence-corrected chi connectivity index (χ2v) is 7.49. The van der Waals surface area contributed by atoms with Crippen LogP contribution in [0.15, 0.2) is 18.2 Å². The molecule has 0 aliphatic carbocycles. The molecule has 6 heteroatoms. The Bertz CT molecular complexity index is 600. The molecule has 1 atom stereocenters. The van der Waals surface area contributed by atoms with Gasteiger partial charge in [-0.25, -0.2) is 0 Å². The van der Waals surface area contributed by atoms with Crippen LogP contribution in [0.25, 0.3) is 0 Å². The number of hydrogen-bond acceptors (Lipinski definition) is 5. The van der Waals surface area contributed by atoms with Gasteiger partial charge in [-0.1, -0.05) is 0 Å². The molecule has 0 radical (unpaired) electrons. The highest BCUT2D eigenvalue weighted by atomic mass is 32.2. The largest absolute Gasteiger partial charge is 0.454 e. The molecule has 3 aliphatic rings. The third kappa shape index (κ3) is 2.34. The van der Waals surface area contributed by atoms with E-state index >= 15 is 0 Å². The Kier molecular flexibility index (Phi) is 3.46. The summed E-state index contributed by atoms with van der Waals surface area (Å²) in [5.74, 6) is 2.49. The number of carbonyl (C=O) groups excluding carboxylic acids is 1. The summed E-state index contributed by atoms with van der Waals surface area (Å²) >= 11 is 1.95. The van der Waals surface area contributed by atoms with Gasteiger partial charge >= 0.3 is 0 Å². The van der Waals surface area contributed by atoms with Crippen LogP contribution < -0.4 is 9.47 Å². The highest BCUT2D eigenvalue weighted by Gasteiger charge is 2.50. The van der Waals surface area contributed by atoms with Crippen molar-refractivity contribution in [1.82, 2.24) is 4.90 Å². The van der Waals surface area contributed by atoms with Gasteiger partial charge in [-0.05, 0) is 31.5 Å². The number of ether oxygens (including phenoxy) is 3. The predicted octanol–water partition coefficient (Wildman–Crippen LogP) is 2.15. The third-order valence-electron chi connectivity index (χ3n) is 4.44. The summed E-state index contributed by atoms with van der Waals surface area (Å²) in [4.78, 5) is 14.5. The maximum absolute atomic E-state index is 12.6. The fraction of sp³-hybridized carbons (Fsp3) is 0.562. The van der Waals surface area contributed by atoms with Crippen molar-refractivity contribution in [1.29, 1.82) is 0 Å². The zero-order chi connectivity index (χ0) is 15.2. The number of carbonyl (C=O) groups is 1. The molecule has 0 aromatic heterocycles. The van der Waals surface area contributed by atoms with E-state index in [1.54, 1.807) is 12.1 Å². The first-order valence-corrected chi connectivity index (χ1v) is 8.62. The van der Waals surface area contributed by atoms with Crippen LogP contribution >= 0.6 is 11.8 Å². The maximum atomic E-state index is 12.6. The fourth-order valence-corrected chi connectivity index (χ4v) is 4.92. The Labute approximate surface area is 133 Å². The van der Waals surface area contributed by atoms with E-state index in [1.165, 1.54) is 0 Å². The zero-order valence-corrected chi connectivity index (χ0v) is 13.4. The molecule has 0 saturated carbocycles. The monoisotopic (exact) mass is 321 g/mol. The van der Waals surface area contributed by atoms with E-state index in [0.717, 1.165) is 31.9 Å². The number of amides is 1. The lowest BCUT2D eigenvalue weighted by Gasteiger charge is -2.47. The van der Waals surface area contributed by atoms with Crippen molar-refractivity contribution < 1.29 is 19.0 Å². The number of benzene rings is 1. The Morgan fingerprint density at radius 2 is 2.23 bits per heavy atom. The first-order chi connectivity index (χ1) is 10.7. The first-order valence-electron chi connectivity index (χ1n) is 7.64. The molecule has 3 heterocycles. The number of likely N-dealkylation sites (tertiary alicyclic amines) is 1. The van der Waals surface area contributed by atoms with E-state index in [0.29, 0.717) is 23.2 Å². The fourth-order valence-electron chi connectivity index (χ4n) is 3.37. The van der Waals surface area contributed by atoms with Gasteiger partial charge in [0, 0.05) is 31.0 Å². The molecule has 1 aromatic carbocycles. The van der Waals surface area contributed by atoms with E-state index < -0.39 is 0 Å². The standard InChI is InChI=1S/C16H19NO4S/c1-2-19-12-6-16(22-7-12)8-17(9-16)15(18)11-3-4-13-14(5-11)21-10-20-13/h3-5,12H,2,6-10H2,1H3/t12-/m0/s1. The van der Waals surface area contributed by atoms with Gasteiger partial charge in [0.25, 0.3) is 5.91 Å². The van der Waals surface area contributed by atoms with Gasteiger partial charge < -0.3 is 19.1 Å². The SMILES string of the molecule is CCO[C@@H]1CSC2(C1)CN(C(=O)c1ccc3c(c1)OCO3)C2. The molecular weight excluding hydrogens is 302 g/mol. The molecule has 3 aliphatic heterocycles. The second-order valence-electron chi connectivity index (χ2n) is 6.00. The summed E-state index contributed by atoms with van der Waals surface area (Å²) in [6.45, 7) is 4.66. The van der Waals surface area contributed by atoms with Gasteiger partial charge in [0.2, 0.25) is 6.79 Å². The number of rotatable bonds is 3. The number of nitrogens with zero attached hydrogens (tertiary/aromatic N) is 1. The van der Waals surface area contributed by atoms with Crippen molar-refractivity contribution in [3.63, 3.8) is 0 Å². The van der Waals surface area contributed by atoms with Crippen LogP contribution in [-0.4, -0.2) is 53.9 Å². The summed E-state index contributed by atoms with van der Waals surface area (Å²) in [7, 11) is 0. The molecule has 118 valence electrons. The van der Waals surface area contributed by atoms with E-state index in [-0.39, 0.29) is 17.4 Å². The van der Waals surface area contributed by atoms with Crippen molar-refractivity contribution in [2.45, 2.75) is 24.2 Å². The Balaban J connectivity index is 1.40. The molecule has 4 rings (SSSR count). The second kappa shape index (κ2) is 5.35. The lowest BCUT2D eigenvalue weighted by molar-refractivity contribution is 0.0359. The van der Waals surface area contributed by atoms with Crippen LogP contribution in [0.5, 0.6) is 11.5 Å². The minimum absolute atomic E-state index is 0.0735. The average Bonchev–Trinajstić information content (AvgIpc) is 3.11. The molecule has 2 fully saturated rings. The van der Waals surface area contributed by atoms with Crippen LogP contribution in [0.1, 0.15) is 23.7 Å². The number of hydrogen-bond donors (Lipinski definition) is 0. The molecule has 2 saturated heterocycles. The Morgan fingerprint density at radius 1 is 1.41 bits per heavy atom. The van der Waals surface area contributed by atoms with Crippen molar-refractivity contribution in [3.8, 4) is 11.5 Å². The smallest absolute Gasteiger partial charge is 0.254 e. The third-order valence-corrected chi connectivity index (χ3v) is 6.02. The summed E-state index contributed by atoms with van der Waals surface area (Å²) in [6.07, 6.45) is 1.40. The molecule has 1 amide bonds. The minimum atomic E-state index is 0.0735. The van der Waals surface area contributed by atoms with Gasteiger partial charge in [0.15, 0.2) is 11.5 Å². The van der Waals surface area contributed by atoms with Gasteiger partial charge in [0.1, 0.15) is 0 Å². The molecule has 0 unspecified atom stereocenters. The number of thioether (sulfide) groups is 1. The summed E-state index contributed by atoms with van der Waals surface area (Å²) in [6, 6.07) is 5.40. The van der Waals surface area contributed by atoms with Gasteiger partial charge in [0.05, 0.1) is 10.9 Å². The average molecular weight is 321 g/mol. The minimum Gasteiger partial charge on any atom is -0.454 e. The number of fused-ring (bicyclic) bond motifs is 1. The molecule has 5 nitrogen and oxygen atoms in total. The van der Waals surface area contributed by atoms with Gasteiger partial charge in [-0.3, -0.25) is 4.79 Å². The molecule has 0 N–H and O–H groups in total. The quantitative estimate of drug-likeness (QED) is 0.854. The summed E-state index contributed by atoms with van der Waals surface area (Å²) < 4.78 is 16.5. The summed E-state index contributed by atoms with van der Waals surface area (Å²) in [5.41, 5.74) is 0.670. The van der Waals surface area contributed by atoms with E-state index in [2.05, 4.69) is 0 Å². The van der Waals surface area contributed by atoms with Crippen LogP contribution in [0, 0.1) is 0 Å². The molecular formula is C16H19NO4S. The topological polar surface area (TPSA) is 48.0 Å². The Hall–Kier alpha value is -1.40. The highest BCUT2D eigenvalue weighted by molar-refractivity contribution is 8.01. The van der Waals surface area contributed by atoms with Crippen molar-refractivity contribution >= 4 is 17.7 Å².